The number of hydrogen-bond acceptors (Lipinski definition) is 5. The number of anilines is 2. The minimum Gasteiger partial charge on any atom is -0.492 e. The maximum atomic E-state index is 12.6. The van der Waals surface area contributed by atoms with Gasteiger partial charge in [-0.25, -0.2) is 9.97 Å². The van der Waals surface area contributed by atoms with E-state index >= 15 is 0 Å². The first kappa shape index (κ1) is 19.4. The average Bonchev–Trinajstić information content (AvgIpc) is 2.68. The molecule has 28 heavy (non-hydrogen) atoms. The number of ether oxygens (including phenoxy) is 1. The molecule has 0 aliphatic carbocycles. The zero-order chi connectivity index (χ0) is 19.9. The van der Waals surface area contributed by atoms with Crippen LogP contribution in [0.3, 0.4) is 0 Å². The Labute approximate surface area is 165 Å². The summed E-state index contributed by atoms with van der Waals surface area (Å²) in [6, 6.07) is 17.3. The Morgan fingerprint density at radius 1 is 1.04 bits per heavy atom. The maximum absolute atomic E-state index is 12.6. The van der Waals surface area contributed by atoms with E-state index in [-0.39, 0.29) is 5.91 Å². The first-order chi connectivity index (χ1) is 13.5. The normalized spacial score (nSPS) is 10.4. The Hall–Kier alpha value is -3.41. The van der Waals surface area contributed by atoms with Crippen molar-refractivity contribution >= 4 is 17.4 Å². The molecule has 144 valence electrons. The Morgan fingerprint density at radius 3 is 2.54 bits per heavy atom. The van der Waals surface area contributed by atoms with Crippen molar-refractivity contribution in [3.05, 3.63) is 77.2 Å². The predicted molar refractivity (Wildman–Crippen MR) is 110 cm³/mol. The van der Waals surface area contributed by atoms with Gasteiger partial charge in [0.05, 0.1) is 12.3 Å². The zero-order valence-corrected chi connectivity index (χ0v) is 16.3. The SMILES string of the molecule is CCOc1ccccc1Nc1cc(C(=O)NCc2ccc(C)cc2)nc(C)n1. The van der Waals surface area contributed by atoms with Crippen LogP contribution in [0.15, 0.2) is 54.6 Å². The molecule has 0 aliphatic rings. The summed E-state index contributed by atoms with van der Waals surface area (Å²) in [5.41, 5.74) is 3.32. The monoisotopic (exact) mass is 376 g/mol. The Morgan fingerprint density at radius 2 is 1.79 bits per heavy atom. The van der Waals surface area contributed by atoms with Gasteiger partial charge < -0.3 is 15.4 Å². The second-order valence-electron chi connectivity index (χ2n) is 6.41. The molecular weight excluding hydrogens is 352 g/mol. The number of para-hydroxylation sites is 2. The van der Waals surface area contributed by atoms with Gasteiger partial charge in [0.2, 0.25) is 0 Å². The minimum absolute atomic E-state index is 0.243. The van der Waals surface area contributed by atoms with E-state index in [2.05, 4.69) is 20.6 Å². The molecule has 2 N–H and O–H groups in total. The summed E-state index contributed by atoms with van der Waals surface area (Å²) < 4.78 is 5.63. The fourth-order valence-electron chi connectivity index (χ4n) is 2.72. The number of nitrogens with zero attached hydrogens (tertiary/aromatic N) is 2. The molecule has 0 spiro atoms. The van der Waals surface area contributed by atoms with Crippen molar-refractivity contribution in [3.63, 3.8) is 0 Å². The number of rotatable bonds is 7. The van der Waals surface area contributed by atoms with E-state index in [1.807, 2.05) is 62.4 Å². The highest BCUT2D eigenvalue weighted by Gasteiger charge is 2.12. The van der Waals surface area contributed by atoms with Gasteiger partial charge in [0.15, 0.2) is 0 Å². The summed E-state index contributed by atoms with van der Waals surface area (Å²) in [6.07, 6.45) is 0. The van der Waals surface area contributed by atoms with Gasteiger partial charge >= 0.3 is 0 Å². The summed E-state index contributed by atoms with van der Waals surface area (Å²) in [4.78, 5) is 21.2. The number of carbonyl (C=O) groups excluding carboxylic acids is 1. The molecule has 0 unspecified atom stereocenters. The molecule has 0 radical (unpaired) electrons. The van der Waals surface area contributed by atoms with Crippen LogP contribution in [0.1, 0.15) is 34.4 Å². The molecule has 0 fully saturated rings. The molecule has 3 rings (SSSR count). The lowest BCUT2D eigenvalue weighted by Gasteiger charge is -2.13. The van der Waals surface area contributed by atoms with Crippen molar-refractivity contribution in [2.24, 2.45) is 0 Å². The largest absolute Gasteiger partial charge is 0.492 e. The first-order valence-corrected chi connectivity index (χ1v) is 9.23. The molecule has 1 aromatic heterocycles. The molecule has 6 nitrogen and oxygen atoms in total. The molecule has 0 atom stereocenters. The molecule has 6 heteroatoms. The van der Waals surface area contributed by atoms with E-state index in [1.54, 1.807) is 13.0 Å². The average molecular weight is 376 g/mol. The second kappa shape index (κ2) is 8.99. The van der Waals surface area contributed by atoms with E-state index < -0.39 is 0 Å². The molecule has 0 saturated heterocycles. The third-order valence-corrected chi connectivity index (χ3v) is 4.09. The van der Waals surface area contributed by atoms with Gasteiger partial charge in [0, 0.05) is 12.6 Å². The molecule has 1 heterocycles. The van der Waals surface area contributed by atoms with Crippen molar-refractivity contribution in [3.8, 4) is 5.75 Å². The van der Waals surface area contributed by atoms with E-state index in [9.17, 15) is 4.79 Å². The zero-order valence-electron chi connectivity index (χ0n) is 16.3. The molecule has 0 bridgehead atoms. The topological polar surface area (TPSA) is 76.1 Å². The Bertz CT molecular complexity index is 955. The summed E-state index contributed by atoms with van der Waals surface area (Å²) in [5, 5.41) is 6.12. The number of aryl methyl sites for hydroxylation is 2. The van der Waals surface area contributed by atoms with Crippen LogP contribution in [0, 0.1) is 13.8 Å². The predicted octanol–water partition coefficient (Wildman–Crippen LogP) is 4.17. The van der Waals surface area contributed by atoms with Crippen LogP contribution in [0.2, 0.25) is 0 Å². The van der Waals surface area contributed by atoms with Crippen LogP contribution in [-0.2, 0) is 6.54 Å². The summed E-state index contributed by atoms with van der Waals surface area (Å²) >= 11 is 0. The standard InChI is InChI=1S/C22H24N4O2/c1-4-28-20-8-6-5-7-18(20)26-21-13-19(24-16(3)25-21)22(27)23-14-17-11-9-15(2)10-12-17/h5-13H,4,14H2,1-3H3,(H,23,27)(H,24,25,26). The lowest BCUT2D eigenvalue weighted by atomic mass is 10.1. The van der Waals surface area contributed by atoms with E-state index in [0.717, 1.165) is 17.0 Å². The van der Waals surface area contributed by atoms with Gasteiger partial charge in [-0.1, -0.05) is 42.0 Å². The fraction of sp³-hybridized carbons (Fsp3) is 0.227. The summed E-state index contributed by atoms with van der Waals surface area (Å²) in [7, 11) is 0. The van der Waals surface area contributed by atoms with E-state index in [4.69, 9.17) is 4.74 Å². The van der Waals surface area contributed by atoms with Crippen molar-refractivity contribution in [1.29, 1.82) is 0 Å². The van der Waals surface area contributed by atoms with E-state index in [1.165, 1.54) is 5.56 Å². The van der Waals surface area contributed by atoms with Crippen molar-refractivity contribution in [2.75, 3.05) is 11.9 Å². The highest BCUT2D eigenvalue weighted by Crippen LogP contribution is 2.26. The van der Waals surface area contributed by atoms with Crippen LogP contribution in [0.5, 0.6) is 5.75 Å². The maximum Gasteiger partial charge on any atom is 0.270 e. The lowest BCUT2D eigenvalue weighted by molar-refractivity contribution is 0.0945. The van der Waals surface area contributed by atoms with Crippen LogP contribution in [-0.4, -0.2) is 22.5 Å². The number of carbonyl (C=O) groups is 1. The van der Waals surface area contributed by atoms with Crippen LogP contribution < -0.4 is 15.4 Å². The van der Waals surface area contributed by atoms with Gasteiger partial charge in [-0.2, -0.15) is 0 Å². The van der Waals surface area contributed by atoms with Crippen LogP contribution in [0.4, 0.5) is 11.5 Å². The lowest BCUT2D eigenvalue weighted by Crippen LogP contribution is -2.24. The van der Waals surface area contributed by atoms with Gasteiger partial charge in [-0.05, 0) is 38.5 Å². The second-order valence-corrected chi connectivity index (χ2v) is 6.41. The van der Waals surface area contributed by atoms with Gasteiger partial charge in [0.25, 0.3) is 5.91 Å². The third kappa shape index (κ3) is 5.07. The van der Waals surface area contributed by atoms with Crippen molar-refractivity contribution < 1.29 is 9.53 Å². The van der Waals surface area contributed by atoms with E-state index in [0.29, 0.717) is 30.5 Å². The van der Waals surface area contributed by atoms with Gasteiger partial charge in [0.1, 0.15) is 23.1 Å². The number of amides is 1. The quantitative estimate of drug-likeness (QED) is 0.647. The summed E-state index contributed by atoms with van der Waals surface area (Å²) in [6.45, 7) is 6.73. The molecule has 2 aromatic carbocycles. The number of hydrogen-bond donors (Lipinski definition) is 2. The molecule has 1 amide bonds. The van der Waals surface area contributed by atoms with Gasteiger partial charge in [-0.15, -0.1) is 0 Å². The molecular formula is C22H24N4O2. The minimum atomic E-state index is -0.243. The summed E-state index contributed by atoms with van der Waals surface area (Å²) in [5.74, 6) is 1.54. The fourth-order valence-corrected chi connectivity index (χ4v) is 2.72. The smallest absolute Gasteiger partial charge is 0.270 e. The number of benzene rings is 2. The third-order valence-electron chi connectivity index (χ3n) is 4.09. The van der Waals surface area contributed by atoms with Crippen LogP contribution in [0.25, 0.3) is 0 Å². The molecule has 0 aliphatic heterocycles. The van der Waals surface area contributed by atoms with Gasteiger partial charge in [-0.3, -0.25) is 4.79 Å². The molecule has 0 saturated carbocycles. The highest BCUT2D eigenvalue weighted by molar-refractivity contribution is 5.93. The molecule has 3 aromatic rings. The number of aromatic nitrogens is 2. The Kier molecular flexibility index (Phi) is 6.22. The Balaban J connectivity index is 1.74. The van der Waals surface area contributed by atoms with Crippen molar-refractivity contribution in [2.45, 2.75) is 27.3 Å². The highest BCUT2D eigenvalue weighted by atomic mass is 16.5. The van der Waals surface area contributed by atoms with Crippen LogP contribution >= 0.6 is 0 Å². The number of nitrogens with one attached hydrogen (secondary N) is 2. The van der Waals surface area contributed by atoms with Crippen molar-refractivity contribution in [1.82, 2.24) is 15.3 Å². The first-order valence-electron chi connectivity index (χ1n) is 9.23.